The molecule has 1 saturated heterocycles. The summed E-state index contributed by atoms with van der Waals surface area (Å²) in [6, 6.07) is 23.0. The molecular weight excluding hydrogens is 524 g/mol. The molecule has 5 rings (SSSR count). The smallest absolute Gasteiger partial charge is 0.251 e. The second kappa shape index (κ2) is 13.4. The lowest BCUT2D eigenvalue weighted by atomic mass is 10.0. The van der Waals surface area contributed by atoms with Crippen LogP contribution in [0.5, 0.6) is 11.5 Å². The molecule has 212 valence electrons. The van der Waals surface area contributed by atoms with Crippen LogP contribution < -0.4 is 27.2 Å². The fraction of sp³-hybridized carbons (Fsp3) is 0.364. The summed E-state index contributed by atoms with van der Waals surface area (Å²) in [5, 5.41) is 3.09. The summed E-state index contributed by atoms with van der Waals surface area (Å²) in [5.74, 6) is 1.56. The average Bonchev–Trinajstić information content (AvgIpc) is 3.17. The minimum atomic E-state index is -0.0935. The first-order valence-electron chi connectivity index (χ1n) is 13.9. The summed E-state index contributed by atoms with van der Waals surface area (Å²) >= 11 is 0. The van der Waals surface area contributed by atoms with Crippen LogP contribution in [0.15, 0.2) is 72.3 Å². The van der Waals surface area contributed by atoms with Crippen molar-refractivity contribution in [2.75, 3.05) is 45.8 Å². The van der Waals surface area contributed by atoms with E-state index in [9.17, 15) is 4.79 Å². The van der Waals surface area contributed by atoms with Crippen molar-refractivity contribution in [2.45, 2.75) is 38.8 Å². The van der Waals surface area contributed by atoms with Crippen LogP contribution in [0.3, 0.4) is 0 Å². The number of hydrogen-bond acceptors (Lipinski definition) is 4. The van der Waals surface area contributed by atoms with Crippen molar-refractivity contribution in [3.05, 3.63) is 83.4 Å². The molecule has 2 heterocycles. The number of carbonyl (C=O) groups excluding carboxylic acids is 1. The Kier molecular flexibility index (Phi) is 9.90. The van der Waals surface area contributed by atoms with Crippen molar-refractivity contribution in [3.8, 4) is 22.6 Å². The molecule has 0 atom stereocenters. The number of carbonyl (C=O) groups is 1. The van der Waals surface area contributed by atoms with Gasteiger partial charge in [-0.25, -0.2) is 0 Å². The van der Waals surface area contributed by atoms with Gasteiger partial charge in [-0.3, -0.25) is 4.79 Å². The van der Waals surface area contributed by atoms with Crippen LogP contribution in [0.1, 0.15) is 37.3 Å². The van der Waals surface area contributed by atoms with E-state index in [1.165, 1.54) is 5.56 Å². The minimum absolute atomic E-state index is 0. The predicted octanol–water partition coefficient (Wildman–Crippen LogP) is 3.32. The number of anilines is 1. The zero-order chi connectivity index (χ0) is 27.2. The van der Waals surface area contributed by atoms with Gasteiger partial charge in [-0.05, 0) is 60.5 Å². The lowest BCUT2D eigenvalue weighted by Gasteiger charge is -2.40. The molecule has 0 saturated carbocycles. The maximum absolute atomic E-state index is 13.2. The van der Waals surface area contributed by atoms with E-state index in [0.29, 0.717) is 31.2 Å². The molecule has 0 spiro atoms. The van der Waals surface area contributed by atoms with Gasteiger partial charge in [-0.15, -0.1) is 0 Å². The largest absolute Gasteiger partial charge is 1.00 e. The number of fused-ring (bicyclic) bond motifs is 1. The second-order valence-electron chi connectivity index (χ2n) is 10.9. The van der Waals surface area contributed by atoms with Crippen LogP contribution in [0.25, 0.3) is 17.2 Å². The number of rotatable bonds is 8. The van der Waals surface area contributed by atoms with Gasteiger partial charge in [0.2, 0.25) is 0 Å². The maximum Gasteiger partial charge on any atom is 0.251 e. The highest BCUT2D eigenvalue weighted by molar-refractivity contribution is 6.07. The average molecular weight is 563 g/mol. The van der Waals surface area contributed by atoms with E-state index in [2.05, 4.69) is 55.8 Å². The molecule has 1 fully saturated rings. The third-order valence-electron chi connectivity index (χ3n) is 7.74. The summed E-state index contributed by atoms with van der Waals surface area (Å²) < 4.78 is 18.0. The lowest BCUT2D eigenvalue weighted by Crippen LogP contribution is -3.00. The van der Waals surface area contributed by atoms with Gasteiger partial charge >= 0.3 is 0 Å². The van der Waals surface area contributed by atoms with Crippen LogP contribution >= 0.6 is 0 Å². The molecule has 40 heavy (non-hydrogen) atoms. The maximum atomic E-state index is 13.2. The molecule has 3 aromatic rings. The van der Waals surface area contributed by atoms with Gasteiger partial charge in [-0.2, -0.15) is 0 Å². The number of hydrogen-bond donors (Lipinski definition) is 1. The van der Waals surface area contributed by atoms with E-state index in [0.717, 1.165) is 71.0 Å². The van der Waals surface area contributed by atoms with E-state index in [1.54, 1.807) is 0 Å². The van der Waals surface area contributed by atoms with Gasteiger partial charge in [-0.1, -0.05) is 30.3 Å². The number of nitrogens with one attached hydrogen (secondary N) is 1. The first-order valence-corrected chi connectivity index (χ1v) is 13.9. The minimum Gasteiger partial charge on any atom is -1.00 e. The monoisotopic (exact) mass is 562 g/mol. The highest BCUT2D eigenvalue weighted by Crippen LogP contribution is 2.32. The van der Waals surface area contributed by atoms with Gasteiger partial charge in [0.05, 0.1) is 46.6 Å². The quantitative estimate of drug-likeness (QED) is 0.428. The first kappa shape index (κ1) is 29.7. The summed E-state index contributed by atoms with van der Waals surface area (Å²) in [7, 11) is 4.59. The molecule has 1 amide bonds. The molecule has 1 N–H and O–H groups in total. The Morgan fingerprint density at radius 3 is 2.35 bits per heavy atom. The van der Waals surface area contributed by atoms with Crippen LogP contribution in [0, 0.1) is 0 Å². The van der Waals surface area contributed by atoms with E-state index in [-0.39, 0.29) is 18.3 Å². The lowest BCUT2D eigenvalue weighted by molar-refractivity contribution is -0.929. The van der Waals surface area contributed by atoms with Crippen LogP contribution in [0.4, 0.5) is 5.69 Å². The first-order chi connectivity index (χ1) is 18.9. The molecule has 2 aliphatic rings. The molecule has 0 bridgehead atoms. The van der Waals surface area contributed by atoms with Crippen LogP contribution in [-0.4, -0.2) is 57.0 Å². The Balaban J connectivity index is 0.00000370. The van der Waals surface area contributed by atoms with E-state index < -0.39 is 0 Å². The summed E-state index contributed by atoms with van der Waals surface area (Å²) in [5.41, 5.74) is 5.84. The highest BCUT2D eigenvalue weighted by atomic mass is 35.5. The predicted molar refractivity (Wildman–Crippen MR) is 156 cm³/mol. The van der Waals surface area contributed by atoms with Crippen molar-refractivity contribution >= 4 is 17.7 Å². The Morgan fingerprint density at radius 2 is 1.65 bits per heavy atom. The Bertz CT molecular complexity index is 1310. The molecule has 0 radical (unpaired) electrons. The van der Waals surface area contributed by atoms with E-state index >= 15 is 0 Å². The number of amides is 1. The van der Waals surface area contributed by atoms with Crippen LogP contribution in [-0.2, 0) is 16.1 Å². The number of benzene rings is 3. The summed E-state index contributed by atoms with van der Waals surface area (Å²) in [6.07, 6.45) is 4.71. The summed E-state index contributed by atoms with van der Waals surface area (Å²) in [4.78, 5) is 13.2. The number of quaternary nitrogens is 1. The normalized spacial score (nSPS) is 15.5. The van der Waals surface area contributed by atoms with Crippen molar-refractivity contribution < 1.29 is 35.9 Å². The van der Waals surface area contributed by atoms with Gasteiger partial charge in [0.25, 0.3) is 5.91 Å². The number of ether oxygens (including phenoxy) is 3. The summed E-state index contributed by atoms with van der Waals surface area (Å²) in [6.45, 7) is 5.74. The zero-order valence-electron chi connectivity index (χ0n) is 23.6. The number of halogens is 1. The molecule has 7 heteroatoms. The van der Waals surface area contributed by atoms with Gasteiger partial charge in [0, 0.05) is 41.6 Å². The van der Waals surface area contributed by atoms with Gasteiger partial charge in [0.15, 0.2) is 0 Å². The topological polar surface area (TPSA) is 56.8 Å². The Morgan fingerprint density at radius 1 is 0.950 bits per heavy atom. The van der Waals surface area contributed by atoms with Gasteiger partial charge < -0.3 is 36.4 Å². The van der Waals surface area contributed by atoms with Crippen molar-refractivity contribution in [1.82, 2.24) is 0 Å². The van der Waals surface area contributed by atoms with E-state index in [4.69, 9.17) is 14.2 Å². The third-order valence-corrected chi connectivity index (χ3v) is 7.74. The molecule has 6 nitrogen and oxygen atoms in total. The zero-order valence-corrected chi connectivity index (χ0v) is 24.4. The van der Waals surface area contributed by atoms with Crippen molar-refractivity contribution in [2.24, 2.45) is 0 Å². The standard InChI is InChI=1S/C33H38N2O4.ClH/c1-4-38-31-12-7-25(8-13-31)26-9-14-32-28(21-26)22-27(15-20-39-32)33(36)34-29-10-5-24(6-11-29)23-35(2,3)30-16-18-37-19-17-30;/h5-14,21-22,30H,4,15-20,23H2,1-3H3;1H. The van der Waals surface area contributed by atoms with Crippen LogP contribution in [0.2, 0.25) is 0 Å². The van der Waals surface area contributed by atoms with Gasteiger partial charge in [0.1, 0.15) is 18.0 Å². The molecule has 3 aromatic carbocycles. The highest BCUT2D eigenvalue weighted by Gasteiger charge is 2.30. The fourth-order valence-corrected chi connectivity index (χ4v) is 5.48. The number of nitrogens with zero attached hydrogens (tertiary/aromatic N) is 1. The molecule has 0 aromatic heterocycles. The fourth-order valence-electron chi connectivity index (χ4n) is 5.48. The van der Waals surface area contributed by atoms with Crippen molar-refractivity contribution in [1.29, 1.82) is 0 Å². The molecular formula is C33H39ClN2O4. The molecule has 0 aliphatic carbocycles. The van der Waals surface area contributed by atoms with Crippen molar-refractivity contribution in [3.63, 3.8) is 0 Å². The SMILES string of the molecule is CCOc1ccc(-c2ccc3c(c2)C=C(C(=O)Nc2ccc(C[N+](C)(C)C4CCOCC4)cc2)CCO3)cc1.[Cl-]. The molecule has 0 unspecified atom stereocenters. The third kappa shape index (κ3) is 7.25. The second-order valence-corrected chi connectivity index (χ2v) is 10.9. The molecule has 2 aliphatic heterocycles. The van der Waals surface area contributed by atoms with E-state index in [1.807, 2.05) is 43.3 Å². The Hall–Kier alpha value is -3.32. The Labute approximate surface area is 243 Å².